The molecule has 138 valence electrons. The lowest BCUT2D eigenvalue weighted by atomic mass is 9.98. The molecule has 27 heavy (non-hydrogen) atoms. The molecule has 1 aromatic heterocycles. The quantitative estimate of drug-likeness (QED) is 0.714. The Balaban J connectivity index is 1.47. The Labute approximate surface area is 160 Å². The first kappa shape index (κ1) is 17.7. The van der Waals surface area contributed by atoms with Crippen molar-refractivity contribution in [3.8, 4) is 0 Å². The number of aromatic nitrogens is 1. The molecule has 0 unspecified atom stereocenters. The Morgan fingerprint density at radius 1 is 1.15 bits per heavy atom. The van der Waals surface area contributed by atoms with E-state index in [1.165, 1.54) is 11.1 Å². The summed E-state index contributed by atoms with van der Waals surface area (Å²) >= 11 is 0. The summed E-state index contributed by atoms with van der Waals surface area (Å²) in [6.07, 6.45) is 4.68. The summed E-state index contributed by atoms with van der Waals surface area (Å²) in [5.41, 5.74) is 3.90. The number of pyridine rings is 1. The third kappa shape index (κ3) is 3.58. The highest BCUT2D eigenvalue weighted by atomic mass is 16.2. The van der Waals surface area contributed by atoms with E-state index in [-0.39, 0.29) is 11.9 Å². The van der Waals surface area contributed by atoms with Crippen LogP contribution >= 0.6 is 0 Å². The molecular weight excluding hydrogens is 334 g/mol. The molecule has 0 saturated carbocycles. The van der Waals surface area contributed by atoms with Crippen LogP contribution in [-0.4, -0.2) is 40.3 Å². The number of hydrogen-bond acceptors (Lipinski definition) is 3. The van der Waals surface area contributed by atoms with Gasteiger partial charge in [-0.3, -0.25) is 14.7 Å². The zero-order valence-electron chi connectivity index (χ0n) is 15.9. The van der Waals surface area contributed by atoms with Gasteiger partial charge in [0, 0.05) is 44.5 Å². The highest BCUT2D eigenvalue weighted by Gasteiger charge is 2.27. The van der Waals surface area contributed by atoms with Crippen LogP contribution in [0.25, 0.3) is 10.8 Å². The second kappa shape index (κ2) is 7.49. The summed E-state index contributed by atoms with van der Waals surface area (Å²) in [5, 5.41) is 2.27. The lowest BCUT2D eigenvalue weighted by Crippen LogP contribution is -2.47. The van der Waals surface area contributed by atoms with Crippen molar-refractivity contribution in [1.82, 2.24) is 14.8 Å². The molecule has 0 spiro atoms. The van der Waals surface area contributed by atoms with E-state index in [4.69, 9.17) is 0 Å². The Morgan fingerprint density at radius 2 is 1.96 bits per heavy atom. The number of hydrogen-bond donors (Lipinski definition) is 0. The number of carbonyl (C=O) groups is 1. The second-order valence-corrected chi connectivity index (χ2v) is 7.37. The first-order valence-corrected chi connectivity index (χ1v) is 9.51. The lowest BCUT2D eigenvalue weighted by molar-refractivity contribution is -0.136. The van der Waals surface area contributed by atoms with Crippen LogP contribution in [0.3, 0.4) is 0 Å². The predicted molar refractivity (Wildman–Crippen MR) is 108 cm³/mol. The van der Waals surface area contributed by atoms with Crippen LogP contribution in [0.1, 0.15) is 23.6 Å². The second-order valence-electron chi connectivity index (χ2n) is 7.37. The van der Waals surface area contributed by atoms with Crippen LogP contribution in [0, 0.1) is 0 Å². The summed E-state index contributed by atoms with van der Waals surface area (Å²) in [4.78, 5) is 21.4. The average Bonchev–Trinajstić information content (AvgIpc) is 2.72. The van der Waals surface area contributed by atoms with Crippen molar-refractivity contribution < 1.29 is 4.79 Å². The molecule has 1 amide bonds. The number of carbonyl (C=O) groups excluding carboxylic acids is 1. The molecule has 4 nitrogen and oxygen atoms in total. The molecule has 0 fully saturated rings. The minimum Gasteiger partial charge on any atom is -0.340 e. The van der Waals surface area contributed by atoms with E-state index in [0.717, 1.165) is 35.8 Å². The van der Waals surface area contributed by atoms with Gasteiger partial charge < -0.3 is 4.90 Å². The monoisotopic (exact) mass is 359 g/mol. The van der Waals surface area contributed by atoms with Crippen LogP contribution in [0.15, 0.2) is 60.9 Å². The normalized spacial score (nSPS) is 15.3. The molecular formula is C23H25N3O. The van der Waals surface area contributed by atoms with E-state index >= 15 is 0 Å². The van der Waals surface area contributed by atoms with E-state index in [0.29, 0.717) is 6.54 Å². The minimum atomic E-state index is -0.125. The number of fused-ring (bicyclic) bond motifs is 2. The van der Waals surface area contributed by atoms with Gasteiger partial charge in [-0.05, 0) is 41.5 Å². The topological polar surface area (TPSA) is 36.4 Å². The molecule has 3 aromatic rings. The SMILES string of the molecule is C[C@H](C(=O)N(C)Cc1cccc2cnccc12)N1CCc2ccccc2C1. The molecule has 0 N–H and O–H groups in total. The maximum absolute atomic E-state index is 13.1. The largest absolute Gasteiger partial charge is 0.340 e. The molecule has 2 aromatic carbocycles. The molecule has 0 radical (unpaired) electrons. The molecule has 0 aliphatic carbocycles. The van der Waals surface area contributed by atoms with Gasteiger partial charge in [-0.2, -0.15) is 0 Å². The standard InChI is InChI=1S/C23H25N3O/c1-17(26-13-11-18-6-3-4-7-20(18)16-26)23(27)25(2)15-21-9-5-8-19-14-24-12-10-22(19)21/h3-10,12,14,17H,11,13,15-16H2,1-2H3/t17-/m1/s1. The van der Waals surface area contributed by atoms with Gasteiger partial charge in [0.15, 0.2) is 0 Å². The number of nitrogens with zero attached hydrogens (tertiary/aromatic N) is 3. The summed E-state index contributed by atoms with van der Waals surface area (Å²) in [5.74, 6) is 0.167. The van der Waals surface area contributed by atoms with Crippen molar-refractivity contribution >= 4 is 16.7 Å². The van der Waals surface area contributed by atoms with Crippen molar-refractivity contribution in [1.29, 1.82) is 0 Å². The molecule has 1 aliphatic heterocycles. The van der Waals surface area contributed by atoms with Gasteiger partial charge in [-0.25, -0.2) is 0 Å². The van der Waals surface area contributed by atoms with E-state index < -0.39 is 0 Å². The summed E-state index contributed by atoms with van der Waals surface area (Å²) in [6.45, 7) is 4.41. The van der Waals surface area contributed by atoms with E-state index in [1.807, 2.05) is 37.2 Å². The number of likely N-dealkylation sites (N-methyl/N-ethyl adjacent to an activating group) is 1. The highest BCUT2D eigenvalue weighted by molar-refractivity contribution is 5.86. The van der Waals surface area contributed by atoms with Gasteiger partial charge in [0.05, 0.1) is 6.04 Å². The molecule has 0 saturated heterocycles. The molecule has 0 bridgehead atoms. The Morgan fingerprint density at radius 3 is 2.81 bits per heavy atom. The van der Waals surface area contributed by atoms with Gasteiger partial charge >= 0.3 is 0 Å². The predicted octanol–water partition coefficient (Wildman–Crippen LogP) is 3.64. The lowest BCUT2D eigenvalue weighted by Gasteiger charge is -2.34. The third-order valence-corrected chi connectivity index (χ3v) is 5.62. The van der Waals surface area contributed by atoms with Crippen molar-refractivity contribution in [2.45, 2.75) is 32.5 Å². The Bertz CT molecular complexity index is 963. The maximum atomic E-state index is 13.1. The smallest absolute Gasteiger partial charge is 0.239 e. The minimum absolute atomic E-state index is 0.125. The zero-order valence-corrected chi connectivity index (χ0v) is 15.9. The maximum Gasteiger partial charge on any atom is 0.239 e. The van der Waals surface area contributed by atoms with Crippen molar-refractivity contribution in [3.63, 3.8) is 0 Å². The summed E-state index contributed by atoms with van der Waals surface area (Å²) in [7, 11) is 1.90. The fourth-order valence-corrected chi connectivity index (χ4v) is 3.98. The molecule has 1 atom stereocenters. The molecule has 4 heteroatoms. The van der Waals surface area contributed by atoms with Gasteiger partial charge in [-0.15, -0.1) is 0 Å². The van der Waals surface area contributed by atoms with Gasteiger partial charge in [0.25, 0.3) is 0 Å². The number of benzene rings is 2. The van der Waals surface area contributed by atoms with Gasteiger partial charge in [-0.1, -0.05) is 42.5 Å². The molecule has 4 rings (SSSR count). The van der Waals surface area contributed by atoms with Crippen LogP contribution in [0.5, 0.6) is 0 Å². The van der Waals surface area contributed by atoms with Crippen molar-refractivity contribution in [2.75, 3.05) is 13.6 Å². The Hall–Kier alpha value is -2.72. The zero-order chi connectivity index (χ0) is 18.8. The van der Waals surface area contributed by atoms with Gasteiger partial charge in [0.1, 0.15) is 0 Å². The molecule has 1 aliphatic rings. The fraction of sp³-hybridized carbons (Fsp3) is 0.304. The van der Waals surface area contributed by atoms with Crippen molar-refractivity contribution in [2.24, 2.45) is 0 Å². The fourth-order valence-electron chi connectivity index (χ4n) is 3.98. The van der Waals surface area contributed by atoms with Crippen LogP contribution in [0.2, 0.25) is 0 Å². The van der Waals surface area contributed by atoms with Crippen LogP contribution in [0.4, 0.5) is 0 Å². The van der Waals surface area contributed by atoms with E-state index in [2.05, 4.69) is 46.3 Å². The third-order valence-electron chi connectivity index (χ3n) is 5.62. The van der Waals surface area contributed by atoms with Crippen LogP contribution < -0.4 is 0 Å². The summed E-state index contributed by atoms with van der Waals surface area (Å²) in [6, 6.07) is 16.6. The highest BCUT2D eigenvalue weighted by Crippen LogP contribution is 2.22. The van der Waals surface area contributed by atoms with E-state index in [9.17, 15) is 4.79 Å². The first-order chi connectivity index (χ1) is 13.1. The number of rotatable bonds is 4. The van der Waals surface area contributed by atoms with Crippen LogP contribution in [-0.2, 0) is 24.3 Å². The first-order valence-electron chi connectivity index (χ1n) is 9.51. The molecule has 2 heterocycles. The number of amides is 1. The van der Waals surface area contributed by atoms with E-state index in [1.54, 1.807) is 6.20 Å². The average molecular weight is 359 g/mol. The Kier molecular flexibility index (Phi) is 4.90. The van der Waals surface area contributed by atoms with Gasteiger partial charge in [0.2, 0.25) is 5.91 Å². The summed E-state index contributed by atoms with van der Waals surface area (Å²) < 4.78 is 0. The van der Waals surface area contributed by atoms with Crippen molar-refractivity contribution in [3.05, 3.63) is 77.6 Å².